The molecular weight excluding hydrogens is 382 g/mol. The lowest BCUT2D eigenvalue weighted by atomic mass is 9.46. The van der Waals surface area contributed by atoms with Gasteiger partial charge in [-0.1, -0.05) is 65.5 Å². The molecule has 3 fully saturated rings. The largest absolute Gasteiger partial charge is 0.393 e. The van der Waals surface area contributed by atoms with Crippen molar-refractivity contribution in [3.8, 4) is 0 Å². The van der Waals surface area contributed by atoms with Gasteiger partial charge < -0.3 is 5.11 Å². The van der Waals surface area contributed by atoms with Crippen LogP contribution in [0.25, 0.3) is 0 Å². The molecule has 0 aromatic carbocycles. The summed E-state index contributed by atoms with van der Waals surface area (Å²) >= 11 is 0. The summed E-state index contributed by atoms with van der Waals surface area (Å²) in [6.07, 6.45) is 15.9. The predicted octanol–water partition coefficient (Wildman–Crippen LogP) is 6.70. The number of nitrogens with zero attached hydrogens (tertiary/aromatic N) is 1. The first-order valence-electron chi connectivity index (χ1n) is 13.2. The van der Waals surface area contributed by atoms with E-state index in [1.165, 1.54) is 50.5 Å². The average Bonchev–Trinajstić information content (AvgIpc) is 3.06. The Balaban J connectivity index is 1.56. The van der Waals surface area contributed by atoms with Crippen molar-refractivity contribution < 1.29 is 9.90 Å². The molecule has 0 spiro atoms. The van der Waals surface area contributed by atoms with Gasteiger partial charge in [-0.05, 0) is 85.9 Å². The first-order valence-corrected chi connectivity index (χ1v) is 13.2. The van der Waals surface area contributed by atoms with Gasteiger partial charge in [-0.15, -0.1) is 0 Å². The van der Waals surface area contributed by atoms with E-state index in [2.05, 4.69) is 45.7 Å². The smallest absolute Gasteiger partial charge is 0.235 e. The molecule has 174 valence electrons. The first kappa shape index (κ1) is 23.2. The predicted molar refractivity (Wildman–Crippen MR) is 126 cm³/mol. The Morgan fingerprint density at radius 2 is 1.94 bits per heavy atom. The zero-order valence-corrected chi connectivity index (χ0v) is 20.6. The highest BCUT2D eigenvalue weighted by Gasteiger charge is 2.61. The van der Waals surface area contributed by atoms with Crippen LogP contribution in [0.2, 0.25) is 0 Å². The molecule has 0 aliphatic heterocycles. The van der Waals surface area contributed by atoms with Crippen molar-refractivity contribution >= 4 is 6.08 Å². The van der Waals surface area contributed by atoms with E-state index in [0.29, 0.717) is 23.7 Å². The minimum Gasteiger partial charge on any atom is -0.393 e. The van der Waals surface area contributed by atoms with Crippen LogP contribution in [0, 0.1) is 46.3 Å². The molecule has 3 saturated carbocycles. The van der Waals surface area contributed by atoms with Gasteiger partial charge in [0.15, 0.2) is 0 Å². The lowest BCUT2D eigenvalue weighted by Crippen LogP contribution is -2.55. The number of aliphatic hydroxyl groups is 1. The highest BCUT2D eigenvalue weighted by atomic mass is 16.3. The van der Waals surface area contributed by atoms with Gasteiger partial charge in [0.25, 0.3) is 0 Å². The standard InChI is InChI=1S/C28H45NO2/c1-18(2)7-6-8-19(3)23-11-12-24-22-10-9-20-15-21(31)16-26(29-17-30)28(20,5)25(22)13-14-27(23,24)4/h9,18-19,21-26,31H,6-8,10-16H2,1-5H3/t19-,21+,22+,23-,24+,25+,26?,27-,28+/m1/s1. The molecule has 9 atom stereocenters. The van der Waals surface area contributed by atoms with Crippen LogP contribution < -0.4 is 0 Å². The maximum atomic E-state index is 11.2. The van der Waals surface area contributed by atoms with Crippen LogP contribution in [0.5, 0.6) is 0 Å². The summed E-state index contributed by atoms with van der Waals surface area (Å²) in [6.45, 7) is 12.2. The van der Waals surface area contributed by atoms with Crippen molar-refractivity contribution in [2.45, 2.75) is 111 Å². The second-order valence-corrected chi connectivity index (χ2v) is 12.5. The average molecular weight is 428 g/mol. The SMILES string of the molecule is CC(C)CCC[C@@H](C)[C@H]1CC[C@H]2[C@@H]3CC=C4C[C@H](O)CC(N=C=O)[C@]4(C)[C@H]3CC[C@]12C. The lowest BCUT2D eigenvalue weighted by Gasteiger charge is -2.59. The number of rotatable bonds is 6. The number of hydrogen-bond acceptors (Lipinski definition) is 3. The molecule has 0 radical (unpaired) electrons. The summed E-state index contributed by atoms with van der Waals surface area (Å²) in [5.41, 5.74) is 1.77. The third-order valence-corrected chi connectivity index (χ3v) is 10.6. The van der Waals surface area contributed by atoms with E-state index >= 15 is 0 Å². The summed E-state index contributed by atoms with van der Waals surface area (Å²) in [7, 11) is 0. The lowest BCUT2D eigenvalue weighted by molar-refractivity contribution is -0.0635. The van der Waals surface area contributed by atoms with Crippen LogP contribution in [0.15, 0.2) is 16.6 Å². The summed E-state index contributed by atoms with van der Waals surface area (Å²) < 4.78 is 0. The molecule has 0 aromatic heterocycles. The topological polar surface area (TPSA) is 49.7 Å². The summed E-state index contributed by atoms with van der Waals surface area (Å²) in [4.78, 5) is 15.5. The molecule has 3 nitrogen and oxygen atoms in total. The molecule has 3 heteroatoms. The molecule has 1 N–H and O–H groups in total. The van der Waals surface area contributed by atoms with Gasteiger partial charge in [0.05, 0.1) is 12.1 Å². The Morgan fingerprint density at radius 1 is 1.16 bits per heavy atom. The maximum Gasteiger partial charge on any atom is 0.235 e. The zero-order chi connectivity index (χ0) is 22.4. The van der Waals surface area contributed by atoms with E-state index in [4.69, 9.17) is 0 Å². The minimum atomic E-state index is -0.366. The third kappa shape index (κ3) is 3.89. The van der Waals surface area contributed by atoms with E-state index in [9.17, 15) is 9.90 Å². The number of aliphatic hydroxyl groups excluding tert-OH is 1. The van der Waals surface area contributed by atoms with Crippen LogP contribution >= 0.6 is 0 Å². The van der Waals surface area contributed by atoms with Crippen molar-refractivity contribution in [1.82, 2.24) is 0 Å². The van der Waals surface area contributed by atoms with Gasteiger partial charge in [-0.25, -0.2) is 9.79 Å². The summed E-state index contributed by atoms with van der Waals surface area (Å²) in [6, 6.07) is -0.107. The van der Waals surface area contributed by atoms with Gasteiger partial charge in [-0.2, -0.15) is 0 Å². The minimum absolute atomic E-state index is 0.0676. The van der Waals surface area contributed by atoms with Crippen LogP contribution in [-0.4, -0.2) is 23.3 Å². The van der Waals surface area contributed by atoms with E-state index in [1.807, 2.05) is 6.08 Å². The number of hydrogen-bond donors (Lipinski definition) is 1. The monoisotopic (exact) mass is 427 g/mol. The quantitative estimate of drug-likeness (QED) is 0.291. The summed E-state index contributed by atoms with van der Waals surface area (Å²) in [5.74, 6) is 4.60. The van der Waals surface area contributed by atoms with Gasteiger partial charge in [0.2, 0.25) is 6.08 Å². The van der Waals surface area contributed by atoms with Crippen LogP contribution in [0.4, 0.5) is 0 Å². The number of carbonyl (C=O) groups excluding carboxylic acids is 1. The van der Waals surface area contributed by atoms with Gasteiger partial charge in [0, 0.05) is 5.41 Å². The molecule has 0 bridgehead atoms. The van der Waals surface area contributed by atoms with E-state index in [1.54, 1.807) is 0 Å². The highest BCUT2D eigenvalue weighted by Crippen LogP contribution is 2.67. The number of allylic oxidation sites excluding steroid dienone is 1. The number of fused-ring (bicyclic) bond motifs is 5. The van der Waals surface area contributed by atoms with Crippen LogP contribution in [0.1, 0.15) is 98.8 Å². The Kier molecular flexibility index (Phi) is 6.59. The molecule has 31 heavy (non-hydrogen) atoms. The number of aliphatic imine (C=N–C) groups is 1. The van der Waals surface area contributed by atoms with Crippen LogP contribution in [0.3, 0.4) is 0 Å². The van der Waals surface area contributed by atoms with E-state index in [-0.39, 0.29) is 17.6 Å². The second-order valence-electron chi connectivity index (χ2n) is 12.5. The fraction of sp³-hybridized carbons (Fsp3) is 0.893. The molecule has 0 aromatic rings. The van der Waals surface area contributed by atoms with Crippen LogP contribution in [-0.2, 0) is 4.79 Å². The second kappa shape index (κ2) is 8.79. The normalized spacial score (nSPS) is 45.2. The Hall–Kier alpha value is -0.920. The van der Waals surface area contributed by atoms with Crippen molar-refractivity contribution in [3.05, 3.63) is 11.6 Å². The molecule has 1 unspecified atom stereocenters. The molecule has 4 aliphatic carbocycles. The molecule has 4 aliphatic rings. The van der Waals surface area contributed by atoms with E-state index in [0.717, 1.165) is 36.5 Å². The Bertz CT molecular complexity index is 737. The third-order valence-electron chi connectivity index (χ3n) is 10.6. The van der Waals surface area contributed by atoms with Gasteiger partial charge in [-0.3, -0.25) is 0 Å². The maximum absolute atomic E-state index is 11.2. The van der Waals surface area contributed by atoms with Crippen molar-refractivity contribution in [2.24, 2.45) is 51.3 Å². The Labute approximate surface area is 190 Å². The fourth-order valence-electron chi connectivity index (χ4n) is 8.98. The fourth-order valence-corrected chi connectivity index (χ4v) is 8.98. The molecule has 0 saturated heterocycles. The number of isocyanates is 1. The van der Waals surface area contributed by atoms with Crippen molar-refractivity contribution in [1.29, 1.82) is 0 Å². The highest BCUT2D eigenvalue weighted by molar-refractivity contribution is 5.37. The Morgan fingerprint density at radius 3 is 2.65 bits per heavy atom. The molecule has 0 amide bonds. The first-order chi connectivity index (χ1) is 14.7. The summed E-state index contributed by atoms with van der Waals surface area (Å²) in [5, 5.41) is 10.4. The van der Waals surface area contributed by atoms with Gasteiger partial charge in [0.1, 0.15) is 0 Å². The molecular formula is C28H45NO2. The zero-order valence-electron chi connectivity index (χ0n) is 20.6. The van der Waals surface area contributed by atoms with Crippen molar-refractivity contribution in [3.63, 3.8) is 0 Å². The van der Waals surface area contributed by atoms with E-state index < -0.39 is 0 Å². The molecule has 0 heterocycles. The van der Waals surface area contributed by atoms with Gasteiger partial charge >= 0.3 is 0 Å². The molecule has 4 rings (SSSR count). The van der Waals surface area contributed by atoms with Crippen molar-refractivity contribution in [2.75, 3.05) is 0 Å².